The number of fused-ring (bicyclic) bond motifs is 9. The first-order valence-corrected chi connectivity index (χ1v) is 19.2. The van der Waals surface area contributed by atoms with Crippen LogP contribution < -0.4 is 16.2 Å². The van der Waals surface area contributed by atoms with Crippen LogP contribution in [0.5, 0.6) is 11.5 Å². The largest absolute Gasteiger partial charge is 0.457 e. The lowest BCUT2D eigenvalue weighted by Crippen LogP contribution is -2.32. The van der Waals surface area contributed by atoms with Crippen LogP contribution in [-0.2, 0) is 5.41 Å². The average Bonchev–Trinajstić information content (AvgIpc) is 3.56. The summed E-state index contributed by atoms with van der Waals surface area (Å²) in [6.07, 6.45) is 2.12. The molecule has 2 atom stereocenters. The molecule has 3 nitrogen and oxygen atoms in total. The van der Waals surface area contributed by atoms with E-state index in [9.17, 15) is 0 Å². The zero-order valence-corrected chi connectivity index (χ0v) is 30.8. The highest BCUT2D eigenvalue weighted by molar-refractivity contribution is 5.91. The number of rotatable bonds is 7. The predicted molar refractivity (Wildman–Crippen MR) is 229 cm³/mol. The topological polar surface area (TPSA) is 61.3 Å². The molecule has 0 amide bonds. The van der Waals surface area contributed by atoms with Gasteiger partial charge in [-0.3, -0.25) is 0 Å². The number of hydrogen-bond acceptors (Lipinski definition) is 3. The van der Waals surface area contributed by atoms with Gasteiger partial charge in [-0.15, -0.1) is 0 Å². The lowest BCUT2D eigenvalue weighted by Gasteiger charge is -2.39. The summed E-state index contributed by atoms with van der Waals surface area (Å²) < 4.78 is 6.52. The van der Waals surface area contributed by atoms with Gasteiger partial charge >= 0.3 is 0 Å². The maximum Gasteiger partial charge on any atom is 0.132 e. The Bertz CT molecular complexity index is 2720. The predicted octanol–water partition coefficient (Wildman–Crippen LogP) is 12.3. The van der Waals surface area contributed by atoms with Crippen molar-refractivity contribution in [1.29, 1.82) is 0 Å². The molecule has 0 aromatic heterocycles. The summed E-state index contributed by atoms with van der Waals surface area (Å²) >= 11 is 0. The van der Waals surface area contributed by atoms with E-state index in [1.165, 1.54) is 38.9 Å². The lowest BCUT2D eigenvalue weighted by atomic mass is 9.66. The van der Waals surface area contributed by atoms with Crippen LogP contribution >= 0.6 is 0 Å². The molecule has 1 spiro atoms. The molecule has 0 saturated carbocycles. The van der Waals surface area contributed by atoms with Gasteiger partial charge in [0.1, 0.15) is 11.5 Å². The standard InChI is InChI=1S/C53H40N2O/c54-49(34-43(35-15-3-1-4-16-35)52(55)36-17-5-2-6-18-36)41-22-14-21-39(32-41)37-19-13-20-38(31-37)40-29-30-46-44(33-40)42-23-7-8-24-45(42)53(46)47-25-9-11-27-50(47)56-51-28-12-10-26-48(51)53/h1-34,43,52H,54-55H2/b49-34-/t43?,52-/m1/s1. The van der Waals surface area contributed by atoms with Crippen molar-refractivity contribution >= 4 is 5.70 Å². The smallest absolute Gasteiger partial charge is 0.132 e. The molecule has 0 bridgehead atoms. The molecule has 8 aromatic carbocycles. The van der Waals surface area contributed by atoms with E-state index in [1.54, 1.807) is 0 Å². The van der Waals surface area contributed by atoms with Crippen LogP contribution in [0.15, 0.2) is 206 Å². The summed E-state index contributed by atoms with van der Waals surface area (Å²) in [4.78, 5) is 0. The van der Waals surface area contributed by atoms with Gasteiger partial charge in [-0.1, -0.05) is 176 Å². The van der Waals surface area contributed by atoms with Crippen molar-refractivity contribution in [3.05, 3.63) is 245 Å². The summed E-state index contributed by atoms with van der Waals surface area (Å²) in [5.41, 5.74) is 29.2. The molecule has 56 heavy (non-hydrogen) atoms. The molecular weight excluding hydrogens is 681 g/mol. The summed E-state index contributed by atoms with van der Waals surface area (Å²) in [7, 11) is 0. The first-order chi connectivity index (χ1) is 27.6. The van der Waals surface area contributed by atoms with Crippen LogP contribution in [0.2, 0.25) is 0 Å². The average molecular weight is 721 g/mol. The van der Waals surface area contributed by atoms with Crippen molar-refractivity contribution in [2.45, 2.75) is 17.4 Å². The SMILES string of the molecule is N/C(=C\C(c1ccccc1)[C@H](N)c1ccccc1)c1cccc(-c2cccc(-c3ccc4c(c3)-c3ccccc3C43c4ccccc4Oc4ccccc43)c2)c1. The number of para-hydroxylation sites is 2. The number of hydrogen-bond donors (Lipinski definition) is 2. The number of ether oxygens (including phenoxy) is 1. The van der Waals surface area contributed by atoms with Gasteiger partial charge in [-0.2, -0.15) is 0 Å². The fraction of sp³-hybridized carbons (Fsp3) is 0.0566. The number of nitrogens with two attached hydrogens (primary N) is 2. The third-order valence-electron chi connectivity index (χ3n) is 11.7. The van der Waals surface area contributed by atoms with Crippen LogP contribution in [0.4, 0.5) is 0 Å². The molecule has 0 radical (unpaired) electrons. The van der Waals surface area contributed by atoms with E-state index < -0.39 is 5.41 Å². The minimum absolute atomic E-state index is 0.0993. The zero-order chi connectivity index (χ0) is 37.6. The van der Waals surface area contributed by atoms with Gasteiger partial charge in [-0.05, 0) is 91.5 Å². The molecule has 0 fully saturated rings. The molecule has 1 aliphatic carbocycles. The maximum absolute atomic E-state index is 6.93. The second kappa shape index (κ2) is 13.7. The van der Waals surface area contributed by atoms with Crippen molar-refractivity contribution in [3.8, 4) is 44.9 Å². The molecular formula is C53H40N2O. The second-order valence-electron chi connectivity index (χ2n) is 14.8. The van der Waals surface area contributed by atoms with Crippen molar-refractivity contribution in [3.63, 3.8) is 0 Å². The first-order valence-electron chi connectivity index (χ1n) is 19.2. The highest BCUT2D eigenvalue weighted by atomic mass is 16.5. The Morgan fingerprint density at radius 3 is 1.64 bits per heavy atom. The lowest BCUT2D eigenvalue weighted by molar-refractivity contribution is 0.436. The van der Waals surface area contributed by atoms with Gasteiger partial charge in [0.2, 0.25) is 0 Å². The van der Waals surface area contributed by atoms with E-state index >= 15 is 0 Å². The van der Waals surface area contributed by atoms with Gasteiger partial charge in [0.25, 0.3) is 0 Å². The fourth-order valence-corrected chi connectivity index (χ4v) is 9.05. The van der Waals surface area contributed by atoms with Crippen LogP contribution in [0.1, 0.15) is 50.9 Å². The molecule has 1 unspecified atom stereocenters. The van der Waals surface area contributed by atoms with Crippen molar-refractivity contribution in [2.75, 3.05) is 0 Å². The van der Waals surface area contributed by atoms with Gasteiger partial charge in [0.15, 0.2) is 0 Å². The van der Waals surface area contributed by atoms with Crippen LogP contribution in [0.3, 0.4) is 0 Å². The second-order valence-corrected chi connectivity index (χ2v) is 14.8. The van der Waals surface area contributed by atoms with Crippen LogP contribution in [0, 0.1) is 0 Å². The van der Waals surface area contributed by atoms with Crippen molar-refractivity contribution in [1.82, 2.24) is 0 Å². The Hall–Kier alpha value is -6.94. The van der Waals surface area contributed by atoms with E-state index in [-0.39, 0.29) is 12.0 Å². The highest BCUT2D eigenvalue weighted by Crippen LogP contribution is 2.62. The summed E-state index contributed by atoms with van der Waals surface area (Å²) in [5, 5.41) is 0. The fourth-order valence-electron chi connectivity index (χ4n) is 9.05. The molecule has 0 saturated heterocycles. The Balaban J connectivity index is 1.03. The van der Waals surface area contributed by atoms with E-state index in [4.69, 9.17) is 16.2 Å². The number of benzene rings is 8. The van der Waals surface area contributed by atoms with Crippen LogP contribution in [-0.4, -0.2) is 0 Å². The Labute approximate surface area is 328 Å². The molecule has 2 aliphatic rings. The monoisotopic (exact) mass is 720 g/mol. The summed E-state index contributed by atoms with van der Waals surface area (Å²) in [5.74, 6) is 1.70. The quantitative estimate of drug-likeness (QED) is 0.172. The Morgan fingerprint density at radius 2 is 0.964 bits per heavy atom. The molecule has 4 N–H and O–H groups in total. The van der Waals surface area contributed by atoms with Crippen molar-refractivity contribution < 1.29 is 4.74 Å². The molecule has 268 valence electrons. The van der Waals surface area contributed by atoms with E-state index in [0.29, 0.717) is 5.70 Å². The third-order valence-corrected chi connectivity index (χ3v) is 11.7. The van der Waals surface area contributed by atoms with Crippen LogP contribution in [0.25, 0.3) is 39.1 Å². The summed E-state index contributed by atoms with van der Waals surface area (Å²) in [6.45, 7) is 0. The van der Waals surface area contributed by atoms with E-state index in [0.717, 1.165) is 44.9 Å². The van der Waals surface area contributed by atoms with Gasteiger partial charge in [0, 0.05) is 28.8 Å². The van der Waals surface area contributed by atoms with Gasteiger partial charge < -0.3 is 16.2 Å². The summed E-state index contributed by atoms with van der Waals surface area (Å²) in [6, 6.07) is 70.6. The minimum Gasteiger partial charge on any atom is -0.457 e. The molecule has 3 heteroatoms. The highest BCUT2D eigenvalue weighted by Gasteiger charge is 2.50. The first kappa shape index (κ1) is 33.6. The molecule has 1 aliphatic heterocycles. The Morgan fingerprint density at radius 1 is 0.446 bits per heavy atom. The molecule has 1 heterocycles. The van der Waals surface area contributed by atoms with Gasteiger partial charge in [0.05, 0.1) is 5.41 Å². The minimum atomic E-state index is -0.476. The zero-order valence-electron chi connectivity index (χ0n) is 30.8. The third kappa shape index (κ3) is 5.47. The van der Waals surface area contributed by atoms with Crippen molar-refractivity contribution in [2.24, 2.45) is 11.5 Å². The normalized spacial score (nSPS) is 14.5. The Kier molecular flexibility index (Phi) is 8.24. The van der Waals surface area contributed by atoms with E-state index in [2.05, 4.69) is 182 Å². The van der Waals surface area contributed by atoms with Gasteiger partial charge in [-0.25, -0.2) is 0 Å². The maximum atomic E-state index is 6.93. The molecule has 8 aromatic rings. The van der Waals surface area contributed by atoms with E-state index in [1.807, 2.05) is 24.3 Å². The molecule has 10 rings (SSSR count).